The molecular formula is C14H21N3OS. The second-order valence-electron chi connectivity index (χ2n) is 6.15. The largest absolute Gasteiger partial charge is 0.327 e. The van der Waals surface area contributed by atoms with Crippen LogP contribution in [0.5, 0.6) is 0 Å². The molecule has 1 aromatic rings. The van der Waals surface area contributed by atoms with E-state index in [1.54, 1.807) is 11.3 Å². The van der Waals surface area contributed by atoms with E-state index in [9.17, 15) is 4.79 Å². The summed E-state index contributed by atoms with van der Waals surface area (Å²) in [5.74, 6) is 1.57. The number of nitrogens with one attached hydrogen (secondary N) is 1. The molecule has 4 nitrogen and oxygen atoms in total. The van der Waals surface area contributed by atoms with Gasteiger partial charge in [-0.25, -0.2) is 4.98 Å². The Kier molecular flexibility index (Phi) is 3.35. The molecule has 2 saturated carbocycles. The first kappa shape index (κ1) is 13.1. The Hall–Kier alpha value is -0.940. The van der Waals surface area contributed by atoms with Crippen molar-refractivity contribution in [3.63, 3.8) is 0 Å². The standard InChI is InChI=1S/C14H21N3OS/c1-7(2)10-6-16-14(19-10)17-13(18)11-8-3-4-9(5-8)12(11)15/h6-9,11-12H,3-5,15H2,1-2H3,(H,16,17,18). The lowest BCUT2D eigenvalue weighted by Gasteiger charge is -2.26. The van der Waals surface area contributed by atoms with E-state index in [1.807, 2.05) is 6.20 Å². The molecule has 0 aliphatic heterocycles. The fourth-order valence-corrected chi connectivity index (χ4v) is 4.35. The number of nitrogens with two attached hydrogens (primary N) is 1. The highest BCUT2D eigenvalue weighted by Gasteiger charge is 2.49. The van der Waals surface area contributed by atoms with Crippen molar-refractivity contribution in [2.45, 2.75) is 45.1 Å². The van der Waals surface area contributed by atoms with Crippen LogP contribution in [0.2, 0.25) is 0 Å². The van der Waals surface area contributed by atoms with E-state index in [2.05, 4.69) is 24.1 Å². The highest BCUT2D eigenvalue weighted by molar-refractivity contribution is 7.15. The lowest BCUT2D eigenvalue weighted by molar-refractivity contribution is -0.121. The number of hydrogen-bond donors (Lipinski definition) is 2. The lowest BCUT2D eigenvalue weighted by Crippen LogP contribution is -2.42. The maximum atomic E-state index is 12.4. The zero-order valence-corrected chi connectivity index (χ0v) is 12.2. The van der Waals surface area contributed by atoms with Gasteiger partial charge < -0.3 is 11.1 Å². The fraction of sp³-hybridized carbons (Fsp3) is 0.714. The van der Waals surface area contributed by atoms with Gasteiger partial charge in [0.05, 0.1) is 5.92 Å². The van der Waals surface area contributed by atoms with Crippen LogP contribution in [0.1, 0.15) is 43.9 Å². The summed E-state index contributed by atoms with van der Waals surface area (Å²) in [6.07, 6.45) is 5.34. The molecule has 19 heavy (non-hydrogen) atoms. The van der Waals surface area contributed by atoms with Crippen LogP contribution < -0.4 is 11.1 Å². The van der Waals surface area contributed by atoms with Crippen molar-refractivity contribution in [3.05, 3.63) is 11.1 Å². The molecule has 1 heterocycles. The van der Waals surface area contributed by atoms with Crippen molar-refractivity contribution >= 4 is 22.4 Å². The van der Waals surface area contributed by atoms with Crippen molar-refractivity contribution in [1.82, 2.24) is 4.98 Å². The average Bonchev–Trinajstić information content (AvgIpc) is 3.02. The molecule has 0 aromatic carbocycles. The molecule has 3 rings (SSSR count). The Labute approximate surface area is 117 Å². The van der Waals surface area contributed by atoms with Gasteiger partial charge in [0.25, 0.3) is 0 Å². The summed E-state index contributed by atoms with van der Waals surface area (Å²) >= 11 is 1.57. The maximum absolute atomic E-state index is 12.4. The molecule has 2 bridgehead atoms. The molecular weight excluding hydrogens is 258 g/mol. The second kappa shape index (κ2) is 4.87. The molecule has 4 atom stereocenters. The Morgan fingerprint density at radius 1 is 1.47 bits per heavy atom. The molecule has 5 heteroatoms. The number of anilines is 1. The van der Waals surface area contributed by atoms with Crippen molar-refractivity contribution in [2.24, 2.45) is 23.5 Å². The first-order valence-corrected chi connectivity index (χ1v) is 7.90. The predicted octanol–water partition coefficient (Wildman–Crippen LogP) is 2.58. The quantitative estimate of drug-likeness (QED) is 0.893. The van der Waals surface area contributed by atoms with Gasteiger partial charge in [0.15, 0.2) is 5.13 Å². The highest BCUT2D eigenvalue weighted by atomic mass is 32.1. The maximum Gasteiger partial charge on any atom is 0.231 e. The van der Waals surface area contributed by atoms with E-state index in [1.165, 1.54) is 11.3 Å². The minimum Gasteiger partial charge on any atom is -0.327 e. The van der Waals surface area contributed by atoms with Gasteiger partial charge in [-0.3, -0.25) is 4.79 Å². The Morgan fingerprint density at radius 3 is 2.79 bits per heavy atom. The fourth-order valence-electron chi connectivity index (χ4n) is 3.52. The second-order valence-corrected chi connectivity index (χ2v) is 7.21. The Morgan fingerprint density at radius 2 is 2.21 bits per heavy atom. The monoisotopic (exact) mass is 279 g/mol. The zero-order chi connectivity index (χ0) is 13.6. The van der Waals surface area contributed by atoms with E-state index in [0.29, 0.717) is 22.9 Å². The summed E-state index contributed by atoms with van der Waals surface area (Å²) in [5.41, 5.74) is 6.19. The number of thiazole rings is 1. The van der Waals surface area contributed by atoms with Gasteiger partial charge in [-0.1, -0.05) is 13.8 Å². The Balaban J connectivity index is 1.68. The van der Waals surface area contributed by atoms with Gasteiger partial charge in [-0.2, -0.15) is 0 Å². The van der Waals surface area contributed by atoms with Crippen LogP contribution in [0, 0.1) is 17.8 Å². The zero-order valence-electron chi connectivity index (χ0n) is 11.4. The van der Waals surface area contributed by atoms with E-state index < -0.39 is 0 Å². The summed E-state index contributed by atoms with van der Waals surface area (Å²) < 4.78 is 0. The lowest BCUT2D eigenvalue weighted by atomic mass is 9.84. The number of aromatic nitrogens is 1. The van der Waals surface area contributed by atoms with E-state index in [0.717, 1.165) is 12.8 Å². The number of nitrogens with zero attached hydrogens (tertiary/aromatic N) is 1. The summed E-state index contributed by atoms with van der Waals surface area (Å²) in [6.45, 7) is 4.26. The summed E-state index contributed by atoms with van der Waals surface area (Å²) in [5, 5.41) is 3.67. The number of hydrogen-bond acceptors (Lipinski definition) is 4. The number of amides is 1. The summed E-state index contributed by atoms with van der Waals surface area (Å²) in [6, 6.07) is 0.0447. The molecule has 2 aliphatic rings. The van der Waals surface area contributed by atoms with E-state index in [-0.39, 0.29) is 17.9 Å². The van der Waals surface area contributed by atoms with Gasteiger partial charge in [0, 0.05) is 17.1 Å². The first-order valence-electron chi connectivity index (χ1n) is 7.08. The minimum atomic E-state index is -0.00912. The van der Waals surface area contributed by atoms with Crippen LogP contribution in [0.15, 0.2) is 6.20 Å². The first-order chi connectivity index (χ1) is 9.06. The van der Waals surface area contributed by atoms with Crippen molar-refractivity contribution in [3.8, 4) is 0 Å². The molecule has 104 valence electrons. The molecule has 1 aromatic heterocycles. The molecule has 3 N–H and O–H groups in total. The number of rotatable bonds is 3. The molecule has 0 spiro atoms. The molecule has 0 radical (unpaired) electrons. The SMILES string of the molecule is CC(C)c1cnc(NC(=O)C2C3CCC(C3)C2N)s1. The predicted molar refractivity (Wildman–Crippen MR) is 77.1 cm³/mol. The van der Waals surface area contributed by atoms with E-state index in [4.69, 9.17) is 5.73 Å². The van der Waals surface area contributed by atoms with Crippen LogP contribution in [0.3, 0.4) is 0 Å². The highest BCUT2D eigenvalue weighted by Crippen LogP contribution is 2.48. The number of carbonyl (C=O) groups is 1. The molecule has 2 aliphatic carbocycles. The van der Waals surface area contributed by atoms with Crippen molar-refractivity contribution < 1.29 is 4.79 Å². The molecule has 0 saturated heterocycles. The van der Waals surface area contributed by atoms with Crippen molar-refractivity contribution in [2.75, 3.05) is 5.32 Å². The van der Waals surface area contributed by atoms with Gasteiger partial charge in [0.1, 0.15) is 0 Å². The van der Waals surface area contributed by atoms with Crippen LogP contribution in [-0.2, 0) is 4.79 Å². The van der Waals surface area contributed by atoms with Crippen LogP contribution >= 0.6 is 11.3 Å². The van der Waals surface area contributed by atoms with Crippen LogP contribution in [0.4, 0.5) is 5.13 Å². The third kappa shape index (κ3) is 2.30. The third-order valence-electron chi connectivity index (χ3n) is 4.61. The van der Waals surface area contributed by atoms with Gasteiger partial charge in [0.2, 0.25) is 5.91 Å². The van der Waals surface area contributed by atoms with Crippen LogP contribution in [-0.4, -0.2) is 16.9 Å². The van der Waals surface area contributed by atoms with Crippen LogP contribution in [0.25, 0.3) is 0 Å². The molecule has 4 unspecified atom stereocenters. The smallest absolute Gasteiger partial charge is 0.231 e. The van der Waals surface area contributed by atoms with E-state index >= 15 is 0 Å². The summed E-state index contributed by atoms with van der Waals surface area (Å²) in [4.78, 5) is 17.9. The van der Waals surface area contributed by atoms with Crippen molar-refractivity contribution in [1.29, 1.82) is 0 Å². The van der Waals surface area contributed by atoms with Gasteiger partial charge in [-0.05, 0) is 37.0 Å². The number of fused-ring (bicyclic) bond motifs is 2. The molecule has 1 amide bonds. The Bertz CT molecular complexity index is 483. The summed E-state index contributed by atoms with van der Waals surface area (Å²) in [7, 11) is 0. The minimum absolute atomic E-state index is 0.00912. The third-order valence-corrected chi connectivity index (χ3v) is 5.82. The van der Waals surface area contributed by atoms with Gasteiger partial charge >= 0.3 is 0 Å². The number of carbonyl (C=O) groups excluding carboxylic acids is 1. The topological polar surface area (TPSA) is 68.0 Å². The normalized spacial score (nSPS) is 33.1. The molecule has 2 fully saturated rings. The average molecular weight is 279 g/mol. The van der Waals surface area contributed by atoms with Gasteiger partial charge in [-0.15, -0.1) is 11.3 Å².